The first-order chi connectivity index (χ1) is 34.0. The molecule has 2 saturated heterocycles. The number of carbonyl (C=O) groups excluding carboxylic acids is 6. The van der Waals surface area contributed by atoms with Gasteiger partial charge < -0.3 is 48.6 Å². The van der Waals surface area contributed by atoms with Crippen LogP contribution in [0.15, 0.2) is 47.6 Å². The number of esters is 2. The highest BCUT2D eigenvalue weighted by molar-refractivity contribution is 6.39. The Labute approximate surface area is 426 Å². The first-order valence-corrected chi connectivity index (χ1v) is 25.9. The number of hydrogen-bond acceptors (Lipinski definition) is 15. The summed E-state index contributed by atoms with van der Waals surface area (Å²) >= 11 is 0. The van der Waals surface area contributed by atoms with Crippen molar-refractivity contribution in [3.05, 3.63) is 47.6 Å². The molecule has 0 aromatic rings. The van der Waals surface area contributed by atoms with E-state index in [9.17, 15) is 48.9 Å². The Hall–Kier alpha value is -4.39. The molecule has 17 nitrogen and oxygen atoms in total. The molecule has 1 aliphatic carbocycles. The Balaban J connectivity index is 1.77. The van der Waals surface area contributed by atoms with Gasteiger partial charge in [-0.15, -0.1) is 0 Å². The van der Waals surface area contributed by atoms with Crippen molar-refractivity contribution >= 4 is 41.2 Å². The summed E-state index contributed by atoms with van der Waals surface area (Å²) in [5.74, 6) is -10.9. The van der Waals surface area contributed by atoms with Crippen molar-refractivity contribution in [3.63, 3.8) is 0 Å². The maximum Gasteiger partial charge on any atom is 0.329 e. The number of Topliss-reactive ketones (excluding diaryl/α,β-unsaturated/α-hetero) is 3. The summed E-state index contributed by atoms with van der Waals surface area (Å²) in [6, 6.07) is -1.20. The summed E-state index contributed by atoms with van der Waals surface area (Å²) in [5, 5.41) is 31.8. The molecule has 1 saturated carbocycles. The Morgan fingerprint density at radius 2 is 1.57 bits per heavy atom. The number of piperidine rings is 1. The van der Waals surface area contributed by atoms with Crippen LogP contribution in [-0.2, 0) is 62.0 Å². The van der Waals surface area contributed by atoms with Crippen LogP contribution in [-0.4, -0.2) is 144 Å². The molecule has 0 spiro atoms. The van der Waals surface area contributed by atoms with Gasteiger partial charge in [-0.2, -0.15) is 0 Å². The maximum atomic E-state index is 14.5. The number of ether oxygens (including phenoxy) is 6. The smallest absolute Gasteiger partial charge is 0.329 e. The van der Waals surface area contributed by atoms with Crippen LogP contribution in [0.1, 0.15) is 138 Å². The fraction of sp³-hybridized carbons (Fsp3) is 0.727. The largest absolute Gasteiger partial charge is 0.481 e. The van der Waals surface area contributed by atoms with Crippen LogP contribution in [0.3, 0.4) is 0 Å². The van der Waals surface area contributed by atoms with Crippen LogP contribution in [0, 0.1) is 35.5 Å². The topological polar surface area (TPSA) is 239 Å². The van der Waals surface area contributed by atoms with Crippen LogP contribution < -0.4 is 0 Å². The van der Waals surface area contributed by atoms with Gasteiger partial charge in [0.05, 0.1) is 37.3 Å². The number of nitrogens with zero attached hydrogens (tertiary/aromatic N) is 1. The molecule has 3 aliphatic heterocycles. The Morgan fingerprint density at radius 1 is 0.847 bits per heavy atom. The number of carboxylic acids is 1. The minimum Gasteiger partial charge on any atom is -0.481 e. The third-order valence-electron chi connectivity index (χ3n) is 15.3. The Morgan fingerprint density at radius 3 is 2.24 bits per heavy atom. The third-order valence-corrected chi connectivity index (χ3v) is 15.3. The molecule has 72 heavy (non-hydrogen) atoms. The van der Waals surface area contributed by atoms with E-state index in [1.807, 2.05) is 51.2 Å². The van der Waals surface area contributed by atoms with E-state index in [0.29, 0.717) is 63.4 Å². The molecule has 0 unspecified atom stereocenters. The van der Waals surface area contributed by atoms with Crippen molar-refractivity contribution in [2.24, 2.45) is 35.5 Å². The lowest BCUT2D eigenvalue weighted by atomic mass is 9.78. The summed E-state index contributed by atoms with van der Waals surface area (Å²) in [6.07, 6.45) is 8.95. The molecule has 404 valence electrons. The highest BCUT2D eigenvalue weighted by Crippen LogP contribution is 2.38. The summed E-state index contributed by atoms with van der Waals surface area (Å²) in [6.45, 7) is 12.4. The zero-order valence-electron chi connectivity index (χ0n) is 44.2. The molecule has 1 amide bonds. The van der Waals surface area contributed by atoms with Crippen molar-refractivity contribution in [2.45, 2.75) is 193 Å². The summed E-state index contributed by atoms with van der Waals surface area (Å²) in [5.41, 5.74) is 1.15. The zero-order valence-corrected chi connectivity index (χ0v) is 44.2. The van der Waals surface area contributed by atoms with Gasteiger partial charge in [0.2, 0.25) is 5.79 Å². The summed E-state index contributed by atoms with van der Waals surface area (Å²) < 4.78 is 35.4. The average molecular weight is 1010 g/mol. The highest BCUT2D eigenvalue weighted by Gasteiger charge is 2.53. The molecule has 0 radical (unpaired) electrons. The minimum atomic E-state index is -2.47. The van der Waals surface area contributed by atoms with Crippen LogP contribution in [0.25, 0.3) is 0 Å². The molecule has 3 N–H and O–H groups in total. The zero-order chi connectivity index (χ0) is 53.4. The molecular formula is C55H83NO16. The van der Waals surface area contributed by atoms with Gasteiger partial charge in [0, 0.05) is 58.5 Å². The molecule has 2 bridgehead atoms. The van der Waals surface area contributed by atoms with Crippen LogP contribution in [0.4, 0.5) is 0 Å². The fourth-order valence-corrected chi connectivity index (χ4v) is 10.7. The predicted octanol–water partition coefficient (Wildman–Crippen LogP) is 6.60. The lowest BCUT2D eigenvalue weighted by molar-refractivity contribution is -0.265. The second-order valence-electron chi connectivity index (χ2n) is 21.0. The van der Waals surface area contributed by atoms with Crippen molar-refractivity contribution in [1.82, 2.24) is 4.90 Å². The second-order valence-corrected chi connectivity index (χ2v) is 21.0. The number of allylic oxidation sites excluding steroid dienone is 6. The number of fused-ring (bicyclic) bond motifs is 3. The summed E-state index contributed by atoms with van der Waals surface area (Å²) in [7, 11) is 4.42. The number of amides is 1. The molecule has 17 heteroatoms. The molecule has 15 atom stereocenters. The highest BCUT2D eigenvalue weighted by atomic mass is 16.6. The van der Waals surface area contributed by atoms with E-state index in [2.05, 4.69) is 0 Å². The third kappa shape index (κ3) is 16.6. The van der Waals surface area contributed by atoms with Crippen molar-refractivity contribution < 1.29 is 77.3 Å². The SMILES string of the molecule is CO[C@H]1C[C@@H]2CC[C@@H](C)[C@@](O)(O2)C(=O)C(=O)N2CCCC[C@H]2C(=O)O[C@H]([C@H](C)C[C@@H]2CC[C@@H](O)[C@H](OC)C2)CC(=O)[C@H](C)C=C(C)[C@@H](OC(=O)CCC(=O)O)[C@@H](OC)C(=O)[C@H](C)C[C@H](C)C=CC=CC=C1C. The van der Waals surface area contributed by atoms with Gasteiger partial charge in [0.1, 0.15) is 17.9 Å². The fourth-order valence-electron chi connectivity index (χ4n) is 10.7. The number of aliphatic hydroxyl groups is 2. The number of rotatable bonds is 10. The number of cyclic esters (lactones) is 1. The first kappa shape index (κ1) is 60.2. The van der Waals surface area contributed by atoms with Gasteiger partial charge in [0.15, 0.2) is 18.0 Å². The van der Waals surface area contributed by atoms with E-state index < -0.39 is 115 Å². The van der Waals surface area contributed by atoms with E-state index >= 15 is 0 Å². The lowest BCUT2D eigenvalue weighted by Gasteiger charge is -2.42. The molecule has 4 aliphatic rings. The number of aliphatic carboxylic acids is 1. The molecule has 4 rings (SSSR count). The standard InChI is InChI=1S/C55H83NO16/c1-32-16-12-11-13-17-33(2)44(67-8)30-40-21-19-38(7)55(66,72-40)52(63)53(64)56-25-15-14-18-41(56)54(65)70-45(35(4)28-39-20-22-42(57)46(29-39)68-9)31-43(58)34(3)27-37(6)50(71-48(61)24-23-47(59)60)51(69-10)49(62)36(5)26-32/h11-13,16-17,27,32,34-36,38-42,44-46,50-51,57,66H,14-15,18-26,28-31H2,1-10H3,(H,59,60)/t32-,34-,35-,36-,38-,39+,40+,41+,42-,44+,45+,46-,50-,51+,55-/m1/s1. The van der Waals surface area contributed by atoms with Crippen LogP contribution >= 0.6 is 0 Å². The van der Waals surface area contributed by atoms with Crippen LogP contribution in [0.5, 0.6) is 0 Å². The number of carboxylic acid groups (broad SMARTS) is 1. The maximum absolute atomic E-state index is 14.5. The monoisotopic (exact) mass is 1010 g/mol. The lowest BCUT2D eigenvalue weighted by Crippen LogP contribution is -2.61. The summed E-state index contributed by atoms with van der Waals surface area (Å²) in [4.78, 5) is 97.4. The first-order valence-electron chi connectivity index (χ1n) is 25.9. The van der Waals surface area contributed by atoms with Crippen molar-refractivity contribution in [2.75, 3.05) is 27.9 Å². The van der Waals surface area contributed by atoms with Crippen molar-refractivity contribution in [1.29, 1.82) is 0 Å². The number of ketones is 3. The average Bonchev–Trinajstić information content (AvgIpc) is 3.34. The van der Waals surface area contributed by atoms with Gasteiger partial charge in [-0.05, 0) is 107 Å². The number of methoxy groups -OCH3 is 3. The van der Waals surface area contributed by atoms with Crippen LogP contribution in [0.2, 0.25) is 0 Å². The molecular weight excluding hydrogens is 931 g/mol. The normalized spacial score (nSPS) is 35.1. The second kappa shape index (κ2) is 28.3. The van der Waals surface area contributed by atoms with E-state index in [-0.39, 0.29) is 55.3 Å². The van der Waals surface area contributed by atoms with Gasteiger partial charge in [-0.1, -0.05) is 71.1 Å². The number of aliphatic hydroxyl groups excluding tert-OH is 1. The van der Waals surface area contributed by atoms with Gasteiger partial charge in [0.25, 0.3) is 11.7 Å². The predicted molar refractivity (Wildman–Crippen MR) is 266 cm³/mol. The minimum absolute atomic E-state index is 0.0461. The van der Waals surface area contributed by atoms with Gasteiger partial charge in [-0.25, -0.2) is 4.79 Å². The molecule has 0 aromatic heterocycles. The Kier molecular flexibility index (Phi) is 23.7. The van der Waals surface area contributed by atoms with Gasteiger partial charge >= 0.3 is 17.9 Å². The van der Waals surface area contributed by atoms with Gasteiger partial charge in [-0.3, -0.25) is 28.8 Å². The number of hydrogen-bond donors (Lipinski definition) is 3. The van der Waals surface area contributed by atoms with E-state index in [0.717, 1.165) is 10.5 Å². The van der Waals surface area contributed by atoms with E-state index in [4.69, 9.17) is 28.4 Å². The number of carbonyl (C=O) groups is 7. The van der Waals surface area contributed by atoms with E-state index in [1.165, 1.54) is 7.11 Å². The van der Waals surface area contributed by atoms with Crippen molar-refractivity contribution in [3.8, 4) is 0 Å². The quantitative estimate of drug-likeness (QED) is 0.119. The molecule has 3 fully saturated rings. The van der Waals surface area contributed by atoms with E-state index in [1.54, 1.807) is 48.0 Å². The molecule has 3 heterocycles. The Bertz CT molecular complexity index is 2010. The molecule has 0 aromatic carbocycles.